The van der Waals surface area contributed by atoms with Crippen LogP contribution in [0.2, 0.25) is 0 Å². The summed E-state index contributed by atoms with van der Waals surface area (Å²) in [5.41, 5.74) is 1.69. The Morgan fingerprint density at radius 1 is 1.22 bits per heavy atom. The van der Waals surface area contributed by atoms with Gasteiger partial charge in [0.25, 0.3) is 5.91 Å². The Kier molecular flexibility index (Phi) is 4.84. The maximum Gasteiger partial charge on any atom is 0.270 e. The highest BCUT2D eigenvalue weighted by atomic mass is 79.9. The number of thioether (sulfide) groups is 1. The minimum absolute atomic E-state index is 0.103. The Bertz CT molecular complexity index is 802. The zero-order chi connectivity index (χ0) is 16.4. The number of anilines is 1. The first kappa shape index (κ1) is 16.2. The molecular weight excluding hydrogens is 394 g/mol. The van der Waals surface area contributed by atoms with Crippen molar-refractivity contribution in [1.82, 2.24) is 0 Å². The van der Waals surface area contributed by atoms with E-state index in [2.05, 4.69) is 15.9 Å². The second-order valence-electron chi connectivity index (χ2n) is 4.77. The van der Waals surface area contributed by atoms with Crippen LogP contribution >= 0.6 is 39.9 Å². The van der Waals surface area contributed by atoms with Crippen LogP contribution in [-0.4, -0.2) is 17.3 Å². The molecule has 0 N–H and O–H groups in total. The molecule has 0 saturated carbocycles. The van der Waals surface area contributed by atoms with Gasteiger partial charge in [-0.25, -0.2) is 0 Å². The summed E-state index contributed by atoms with van der Waals surface area (Å²) in [5, 5.41) is 0. The minimum Gasteiger partial charge on any atom is -0.497 e. The van der Waals surface area contributed by atoms with E-state index in [9.17, 15) is 4.79 Å². The summed E-state index contributed by atoms with van der Waals surface area (Å²) >= 11 is 10.1. The van der Waals surface area contributed by atoms with Crippen LogP contribution < -0.4 is 9.64 Å². The third kappa shape index (κ3) is 3.49. The Labute approximate surface area is 152 Å². The molecule has 0 unspecified atom stereocenters. The summed E-state index contributed by atoms with van der Waals surface area (Å²) < 4.78 is 6.58. The molecule has 3 nitrogen and oxygen atoms in total. The number of hydrogen-bond acceptors (Lipinski definition) is 4. The van der Waals surface area contributed by atoms with Gasteiger partial charge in [0.05, 0.1) is 17.7 Å². The molecule has 1 amide bonds. The zero-order valence-corrected chi connectivity index (χ0v) is 15.4. The van der Waals surface area contributed by atoms with Gasteiger partial charge in [0, 0.05) is 4.47 Å². The van der Waals surface area contributed by atoms with E-state index < -0.39 is 0 Å². The first-order chi connectivity index (χ1) is 11.1. The SMILES string of the molecule is COc1ccc(/C=C2/SC(=S)N(c3cccc(Br)c3)C2=O)cc1. The summed E-state index contributed by atoms with van der Waals surface area (Å²) in [6.45, 7) is 0. The predicted octanol–water partition coefficient (Wildman–Crippen LogP) is 4.86. The molecule has 6 heteroatoms. The zero-order valence-electron chi connectivity index (χ0n) is 12.2. The number of carbonyl (C=O) groups is 1. The molecule has 0 spiro atoms. The van der Waals surface area contributed by atoms with Crippen LogP contribution in [0.1, 0.15) is 5.56 Å². The largest absolute Gasteiger partial charge is 0.497 e. The molecule has 3 rings (SSSR count). The molecule has 0 aliphatic carbocycles. The Balaban J connectivity index is 1.89. The Morgan fingerprint density at radius 3 is 2.61 bits per heavy atom. The number of thiocarbonyl (C=S) groups is 1. The molecule has 1 saturated heterocycles. The lowest BCUT2D eigenvalue weighted by atomic mass is 10.2. The van der Waals surface area contributed by atoms with Gasteiger partial charge < -0.3 is 4.74 Å². The predicted molar refractivity (Wildman–Crippen MR) is 103 cm³/mol. The molecule has 0 radical (unpaired) electrons. The molecule has 23 heavy (non-hydrogen) atoms. The second kappa shape index (κ2) is 6.86. The fourth-order valence-electron chi connectivity index (χ4n) is 2.16. The summed E-state index contributed by atoms with van der Waals surface area (Å²) in [7, 11) is 1.62. The lowest BCUT2D eigenvalue weighted by molar-refractivity contribution is -0.113. The molecule has 2 aromatic rings. The topological polar surface area (TPSA) is 29.5 Å². The highest BCUT2D eigenvalue weighted by Crippen LogP contribution is 2.36. The molecular formula is C17H12BrNO2S2. The first-order valence-corrected chi connectivity index (χ1v) is 8.78. The average Bonchev–Trinajstić information content (AvgIpc) is 2.82. The third-order valence-electron chi connectivity index (χ3n) is 3.27. The molecule has 0 aromatic heterocycles. The van der Waals surface area contributed by atoms with Gasteiger partial charge in [-0.05, 0) is 42.0 Å². The standard InChI is InChI=1S/C17H12BrNO2S2/c1-21-14-7-5-11(6-8-14)9-15-16(20)19(17(22)23-15)13-4-2-3-12(18)10-13/h2-10H,1H3/b15-9+. The minimum atomic E-state index is -0.103. The molecule has 0 atom stereocenters. The van der Waals surface area contributed by atoms with Gasteiger partial charge in [-0.1, -0.05) is 58.1 Å². The smallest absolute Gasteiger partial charge is 0.270 e. The van der Waals surface area contributed by atoms with E-state index in [1.165, 1.54) is 11.8 Å². The van der Waals surface area contributed by atoms with E-state index in [0.29, 0.717) is 9.23 Å². The van der Waals surface area contributed by atoms with Crippen molar-refractivity contribution in [3.8, 4) is 5.75 Å². The summed E-state index contributed by atoms with van der Waals surface area (Å²) in [6.07, 6.45) is 1.84. The van der Waals surface area contributed by atoms with Gasteiger partial charge in [0.15, 0.2) is 4.32 Å². The van der Waals surface area contributed by atoms with Crippen molar-refractivity contribution < 1.29 is 9.53 Å². The fraction of sp³-hybridized carbons (Fsp3) is 0.0588. The number of nitrogens with zero attached hydrogens (tertiary/aromatic N) is 1. The number of hydrogen-bond donors (Lipinski definition) is 0. The first-order valence-electron chi connectivity index (χ1n) is 6.76. The Morgan fingerprint density at radius 2 is 1.96 bits per heavy atom. The number of amides is 1. The van der Waals surface area contributed by atoms with Crippen molar-refractivity contribution in [2.75, 3.05) is 12.0 Å². The third-order valence-corrected chi connectivity index (χ3v) is 5.07. The molecule has 2 aromatic carbocycles. The van der Waals surface area contributed by atoms with E-state index in [1.807, 2.05) is 54.6 Å². The highest BCUT2D eigenvalue weighted by molar-refractivity contribution is 9.10. The number of halogens is 1. The van der Waals surface area contributed by atoms with Crippen molar-refractivity contribution in [1.29, 1.82) is 0 Å². The number of rotatable bonds is 3. The van der Waals surface area contributed by atoms with E-state index in [1.54, 1.807) is 12.0 Å². The lowest BCUT2D eigenvalue weighted by Gasteiger charge is -2.14. The van der Waals surface area contributed by atoms with Crippen LogP contribution in [0.5, 0.6) is 5.75 Å². The van der Waals surface area contributed by atoms with Gasteiger partial charge in [-0.15, -0.1) is 0 Å². The highest BCUT2D eigenvalue weighted by Gasteiger charge is 2.33. The molecule has 0 bridgehead atoms. The number of benzene rings is 2. The molecule has 116 valence electrons. The monoisotopic (exact) mass is 405 g/mol. The van der Waals surface area contributed by atoms with Crippen LogP contribution in [0, 0.1) is 0 Å². The molecule has 1 aliphatic heterocycles. The quantitative estimate of drug-likeness (QED) is 0.538. The van der Waals surface area contributed by atoms with E-state index >= 15 is 0 Å². The average molecular weight is 406 g/mol. The van der Waals surface area contributed by atoms with Gasteiger partial charge in [-0.3, -0.25) is 9.69 Å². The van der Waals surface area contributed by atoms with Crippen molar-refractivity contribution in [3.63, 3.8) is 0 Å². The van der Waals surface area contributed by atoms with Crippen LogP contribution in [0.25, 0.3) is 6.08 Å². The van der Waals surface area contributed by atoms with Gasteiger partial charge in [-0.2, -0.15) is 0 Å². The van der Waals surface area contributed by atoms with E-state index in [0.717, 1.165) is 21.5 Å². The number of methoxy groups -OCH3 is 1. The van der Waals surface area contributed by atoms with E-state index in [-0.39, 0.29) is 5.91 Å². The second-order valence-corrected chi connectivity index (χ2v) is 7.36. The maximum atomic E-state index is 12.7. The van der Waals surface area contributed by atoms with Crippen molar-refractivity contribution >= 4 is 61.9 Å². The van der Waals surface area contributed by atoms with Crippen LogP contribution in [-0.2, 0) is 4.79 Å². The van der Waals surface area contributed by atoms with Gasteiger partial charge >= 0.3 is 0 Å². The van der Waals surface area contributed by atoms with Gasteiger partial charge in [0.1, 0.15) is 5.75 Å². The van der Waals surface area contributed by atoms with Crippen LogP contribution in [0.15, 0.2) is 57.9 Å². The fourth-order valence-corrected chi connectivity index (χ4v) is 3.84. The number of ether oxygens (including phenoxy) is 1. The molecule has 1 heterocycles. The van der Waals surface area contributed by atoms with Crippen molar-refractivity contribution in [2.45, 2.75) is 0 Å². The lowest BCUT2D eigenvalue weighted by Crippen LogP contribution is -2.27. The Hall–Kier alpha value is -1.63. The van der Waals surface area contributed by atoms with Gasteiger partial charge in [0.2, 0.25) is 0 Å². The molecule has 1 aliphatic rings. The van der Waals surface area contributed by atoms with Crippen LogP contribution in [0.4, 0.5) is 5.69 Å². The maximum absolute atomic E-state index is 12.7. The van der Waals surface area contributed by atoms with E-state index in [4.69, 9.17) is 17.0 Å². The van der Waals surface area contributed by atoms with Crippen molar-refractivity contribution in [2.24, 2.45) is 0 Å². The summed E-state index contributed by atoms with van der Waals surface area (Å²) in [4.78, 5) is 14.8. The summed E-state index contributed by atoms with van der Waals surface area (Å²) in [6, 6.07) is 15.1. The van der Waals surface area contributed by atoms with Crippen LogP contribution in [0.3, 0.4) is 0 Å². The summed E-state index contributed by atoms with van der Waals surface area (Å²) in [5.74, 6) is 0.678. The van der Waals surface area contributed by atoms with Crippen molar-refractivity contribution in [3.05, 3.63) is 63.5 Å². The number of carbonyl (C=O) groups excluding carboxylic acids is 1. The molecule has 1 fully saturated rings. The normalized spacial score (nSPS) is 16.3.